The van der Waals surface area contributed by atoms with E-state index in [2.05, 4.69) is 82.0 Å². The SMILES string of the molecule is C=C(C)/C=C\C(C)(CC)CCCc1cc(N)c(C)cc1-c1ccccc1. The van der Waals surface area contributed by atoms with E-state index in [-0.39, 0.29) is 5.41 Å². The van der Waals surface area contributed by atoms with E-state index in [9.17, 15) is 0 Å². The van der Waals surface area contributed by atoms with Crippen molar-refractivity contribution < 1.29 is 0 Å². The van der Waals surface area contributed by atoms with Crippen molar-refractivity contribution in [1.29, 1.82) is 0 Å². The van der Waals surface area contributed by atoms with E-state index < -0.39 is 0 Å². The molecule has 0 bridgehead atoms. The Morgan fingerprint density at radius 3 is 2.50 bits per heavy atom. The summed E-state index contributed by atoms with van der Waals surface area (Å²) in [6, 6.07) is 15.0. The van der Waals surface area contributed by atoms with Crippen molar-refractivity contribution in [2.24, 2.45) is 5.41 Å². The Bertz CT molecular complexity index is 770. The quantitative estimate of drug-likeness (QED) is 0.399. The Labute approximate surface area is 159 Å². The Morgan fingerprint density at radius 1 is 1.19 bits per heavy atom. The molecule has 2 N–H and O–H groups in total. The highest BCUT2D eigenvalue weighted by Crippen LogP contribution is 2.33. The molecule has 0 aliphatic carbocycles. The predicted octanol–water partition coefficient (Wildman–Crippen LogP) is 7.12. The number of nitrogens with two attached hydrogens (primary N) is 1. The second-order valence-corrected chi connectivity index (χ2v) is 7.77. The van der Waals surface area contributed by atoms with E-state index in [0.717, 1.165) is 42.5 Å². The van der Waals surface area contributed by atoms with Crippen molar-refractivity contribution >= 4 is 5.69 Å². The average molecular weight is 348 g/mol. The van der Waals surface area contributed by atoms with Crippen molar-refractivity contribution in [1.82, 2.24) is 0 Å². The Balaban J connectivity index is 2.19. The zero-order valence-electron chi connectivity index (χ0n) is 16.8. The number of hydrogen-bond acceptors (Lipinski definition) is 1. The fraction of sp³-hybridized carbons (Fsp3) is 0.360. The van der Waals surface area contributed by atoms with Crippen molar-refractivity contribution in [2.45, 2.75) is 53.4 Å². The molecule has 2 rings (SSSR count). The van der Waals surface area contributed by atoms with Crippen LogP contribution < -0.4 is 5.73 Å². The van der Waals surface area contributed by atoms with Gasteiger partial charge in [-0.15, -0.1) is 0 Å². The summed E-state index contributed by atoms with van der Waals surface area (Å²) in [4.78, 5) is 0. The second kappa shape index (κ2) is 8.89. The lowest BCUT2D eigenvalue weighted by Gasteiger charge is -2.25. The van der Waals surface area contributed by atoms with Gasteiger partial charge in [0.1, 0.15) is 0 Å². The van der Waals surface area contributed by atoms with E-state index in [1.165, 1.54) is 16.7 Å². The number of aryl methyl sites for hydroxylation is 2. The molecule has 1 unspecified atom stereocenters. The molecule has 0 spiro atoms. The monoisotopic (exact) mass is 347 g/mol. The van der Waals surface area contributed by atoms with Crippen LogP contribution in [0.15, 0.2) is 66.8 Å². The van der Waals surface area contributed by atoms with Gasteiger partial charge in [0.15, 0.2) is 0 Å². The highest BCUT2D eigenvalue weighted by molar-refractivity contribution is 5.71. The summed E-state index contributed by atoms with van der Waals surface area (Å²) in [7, 11) is 0. The van der Waals surface area contributed by atoms with Gasteiger partial charge >= 0.3 is 0 Å². The third-order valence-corrected chi connectivity index (χ3v) is 5.35. The van der Waals surface area contributed by atoms with Gasteiger partial charge in [-0.1, -0.05) is 68.5 Å². The Morgan fingerprint density at radius 2 is 1.88 bits per heavy atom. The molecule has 1 heteroatoms. The van der Waals surface area contributed by atoms with Crippen LogP contribution in [0.1, 0.15) is 51.2 Å². The van der Waals surface area contributed by atoms with Gasteiger partial charge in [-0.05, 0) is 79.3 Å². The summed E-state index contributed by atoms with van der Waals surface area (Å²) in [5, 5.41) is 0. The molecule has 1 nitrogen and oxygen atoms in total. The molecule has 0 radical (unpaired) electrons. The van der Waals surface area contributed by atoms with E-state index >= 15 is 0 Å². The largest absolute Gasteiger partial charge is 0.399 e. The molecule has 2 aromatic carbocycles. The molecule has 0 aromatic heterocycles. The topological polar surface area (TPSA) is 26.0 Å². The van der Waals surface area contributed by atoms with Crippen LogP contribution in [0.2, 0.25) is 0 Å². The third-order valence-electron chi connectivity index (χ3n) is 5.35. The predicted molar refractivity (Wildman–Crippen MR) is 116 cm³/mol. The zero-order valence-corrected chi connectivity index (χ0v) is 16.8. The summed E-state index contributed by atoms with van der Waals surface area (Å²) >= 11 is 0. The molecule has 0 aliphatic heterocycles. The molecular weight excluding hydrogens is 314 g/mol. The lowest BCUT2D eigenvalue weighted by atomic mass is 9.80. The molecule has 138 valence electrons. The van der Waals surface area contributed by atoms with Crippen LogP contribution in [0, 0.1) is 12.3 Å². The van der Waals surface area contributed by atoms with Gasteiger partial charge in [-0.2, -0.15) is 0 Å². The molecule has 0 aliphatic rings. The zero-order chi connectivity index (χ0) is 19.2. The molecule has 0 heterocycles. The van der Waals surface area contributed by atoms with Gasteiger partial charge in [0.05, 0.1) is 0 Å². The minimum atomic E-state index is 0.224. The maximum Gasteiger partial charge on any atom is 0.0346 e. The van der Waals surface area contributed by atoms with Crippen molar-refractivity contribution in [2.75, 3.05) is 5.73 Å². The maximum atomic E-state index is 6.21. The van der Waals surface area contributed by atoms with Gasteiger partial charge in [-0.25, -0.2) is 0 Å². The second-order valence-electron chi connectivity index (χ2n) is 7.77. The Kier molecular flexibility index (Phi) is 6.85. The minimum Gasteiger partial charge on any atom is -0.399 e. The number of rotatable bonds is 8. The van der Waals surface area contributed by atoms with Gasteiger partial charge < -0.3 is 5.73 Å². The lowest BCUT2D eigenvalue weighted by Crippen LogP contribution is -2.12. The van der Waals surface area contributed by atoms with Crippen molar-refractivity contribution in [3.63, 3.8) is 0 Å². The number of anilines is 1. The van der Waals surface area contributed by atoms with Crippen LogP contribution in [-0.2, 0) is 6.42 Å². The molecule has 0 fully saturated rings. The lowest BCUT2D eigenvalue weighted by molar-refractivity contribution is 0.365. The van der Waals surface area contributed by atoms with E-state index in [4.69, 9.17) is 5.73 Å². The van der Waals surface area contributed by atoms with Gasteiger partial charge in [0, 0.05) is 5.69 Å². The molecule has 26 heavy (non-hydrogen) atoms. The standard InChI is InChI=1S/C25H33N/c1-6-25(5,16-14-19(2)3)15-10-13-22-18-24(26)20(4)17-23(22)21-11-8-7-9-12-21/h7-9,11-12,14,16-18H,2,6,10,13,15,26H2,1,3-5H3/b16-14-. The van der Waals surface area contributed by atoms with Crippen LogP contribution in [0.25, 0.3) is 11.1 Å². The summed E-state index contributed by atoms with van der Waals surface area (Å²) in [6.07, 6.45) is 8.98. The number of hydrogen-bond donors (Lipinski definition) is 1. The highest BCUT2D eigenvalue weighted by atomic mass is 14.6. The fourth-order valence-corrected chi connectivity index (χ4v) is 3.27. The van der Waals surface area contributed by atoms with Crippen molar-refractivity contribution in [3.8, 4) is 11.1 Å². The number of nitrogen functional groups attached to an aromatic ring is 1. The third kappa shape index (κ3) is 5.36. The summed E-state index contributed by atoms with van der Waals surface area (Å²) in [5.74, 6) is 0. The minimum absolute atomic E-state index is 0.224. The summed E-state index contributed by atoms with van der Waals surface area (Å²) < 4.78 is 0. The smallest absolute Gasteiger partial charge is 0.0346 e. The van der Waals surface area contributed by atoms with Gasteiger partial charge in [0.2, 0.25) is 0 Å². The van der Waals surface area contributed by atoms with Crippen LogP contribution in [0.3, 0.4) is 0 Å². The fourth-order valence-electron chi connectivity index (χ4n) is 3.27. The average Bonchev–Trinajstić information content (AvgIpc) is 2.63. The van der Waals surface area contributed by atoms with E-state index in [0.29, 0.717) is 0 Å². The molecule has 2 aromatic rings. The molecule has 0 saturated heterocycles. The summed E-state index contributed by atoms with van der Waals surface area (Å²) in [6.45, 7) is 12.7. The van der Waals surface area contributed by atoms with Gasteiger partial charge in [-0.3, -0.25) is 0 Å². The Hall–Kier alpha value is -2.28. The number of allylic oxidation sites excluding steroid dienone is 3. The molecule has 0 amide bonds. The summed E-state index contributed by atoms with van der Waals surface area (Å²) in [5.41, 5.74) is 13.5. The van der Waals surface area contributed by atoms with Crippen LogP contribution in [-0.4, -0.2) is 0 Å². The first-order valence-corrected chi connectivity index (χ1v) is 9.64. The van der Waals surface area contributed by atoms with Gasteiger partial charge in [0.25, 0.3) is 0 Å². The first-order chi connectivity index (χ1) is 12.3. The highest BCUT2D eigenvalue weighted by Gasteiger charge is 2.18. The van der Waals surface area contributed by atoms with Crippen LogP contribution >= 0.6 is 0 Å². The molecule has 0 saturated carbocycles. The maximum absolute atomic E-state index is 6.21. The first-order valence-electron chi connectivity index (χ1n) is 9.64. The molecular formula is C25H33N. The molecule has 1 atom stereocenters. The first kappa shape index (κ1) is 20.0. The van der Waals surface area contributed by atoms with Crippen LogP contribution in [0.5, 0.6) is 0 Å². The van der Waals surface area contributed by atoms with E-state index in [1.54, 1.807) is 0 Å². The van der Waals surface area contributed by atoms with Crippen molar-refractivity contribution in [3.05, 3.63) is 77.9 Å². The normalized spacial score (nSPS) is 13.7. The van der Waals surface area contributed by atoms with E-state index in [1.807, 2.05) is 6.92 Å². The van der Waals surface area contributed by atoms with Crippen LogP contribution in [0.4, 0.5) is 5.69 Å². The number of benzene rings is 2.